The number of carbonyl (C=O) groups excluding carboxylic acids is 2. The Morgan fingerprint density at radius 2 is 1.42 bits per heavy atom. The zero-order chi connectivity index (χ0) is 17.9. The van der Waals surface area contributed by atoms with E-state index < -0.39 is 0 Å². The van der Waals surface area contributed by atoms with Gasteiger partial charge in [-0.15, -0.1) is 0 Å². The summed E-state index contributed by atoms with van der Waals surface area (Å²) in [5.41, 5.74) is 1.42. The monoisotopic (exact) mass is 358 g/mol. The Balaban J connectivity index is 1.53. The lowest BCUT2D eigenvalue weighted by molar-refractivity contribution is 0.0911. The van der Waals surface area contributed by atoms with Crippen molar-refractivity contribution >= 4 is 11.8 Å². The third kappa shape index (κ3) is 3.64. The number of imidazole rings is 1. The molecular weight excluding hydrogens is 328 g/mol. The maximum Gasteiger partial charge on any atom is 0.287 e. The summed E-state index contributed by atoms with van der Waals surface area (Å²) in [6.07, 6.45) is 13.1. The maximum atomic E-state index is 12.8. The topological polar surface area (TPSA) is 76.0 Å². The van der Waals surface area contributed by atoms with Crippen molar-refractivity contribution in [3.8, 4) is 0 Å². The van der Waals surface area contributed by atoms with Crippen molar-refractivity contribution < 1.29 is 9.59 Å². The molecule has 2 fully saturated rings. The molecule has 2 saturated carbocycles. The number of hydrogen-bond acceptors (Lipinski definition) is 3. The largest absolute Gasteiger partial charge is 0.348 e. The Morgan fingerprint density at radius 3 is 2.12 bits per heavy atom. The Morgan fingerprint density at radius 1 is 0.808 bits per heavy atom. The fourth-order valence-corrected chi connectivity index (χ4v) is 4.72. The van der Waals surface area contributed by atoms with Crippen LogP contribution in [0.2, 0.25) is 0 Å². The number of carbonyl (C=O) groups is 2. The molecule has 6 nitrogen and oxygen atoms in total. The molecule has 0 spiro atoms. The van der Waals surface area contributed by atoms with E-state index in [1.54, 1.807) is 0 Å². The summed E-state index contributed by atoms with van der Waals surface area (Å²) in [4.78, 5) is 30.2. The summed E-state index contributed by atoms with van der Waals surface area (Å²) < 4.78 is 1.99. The second-order valence-corrected chi connectivity index (χ2v) is 8.10. The van der Waals surface area contributed by atoms with Crippen LogP contribution in [0, 0.1) is 0 Å². The van der Waals surface area contributed by atoms with E-state index in [-0.39, 0.29) is 23.9 Å². The van der Waals surface area contributed by atoms with Crippen LogP contribution < -0.4 is 10.6 Å². The first kappa shape index (κ1) is 17.6. The Kier molecular flexibility index (Phi) is 5.27. The maximum absolute atomic E-state index is 12.8. The molecule has 142 valence electrons. The van der Waals surface area contributed by atoms with Gasteiger partial charge >= 0.3 is 0 Å². The molecule has 6 heteroatoms. The minimum Gasteiger partial charge on any atom is -0.348 e. The molecule has 0 bridgehead atoms. The zero-order valence-electron chi connectivity index (χ0n) is 15.6. The third-order valence-corrected chi connectivity index (χ3v) is 6.17. The number of nitrogens with one attached hydrogen (secondary N) is 2. The standard InChI is InChI=1S/C20H30N4O2/c25-19(21-14-10-4-5-11-14)17-16-12-6-7-13-24(16)18(23-17)20(26)22-15-8-2-1-3-9-15/h14-15H,1-13H2,(H,21,25)(H,22,26). The van der Waals surface area contributed by atoms with Crippen molar-refractivity contribution in [2.45, 2.75) is 95.7 Å². The van der Waals surface area contributed by atoms with Crippen LogP contribution >= 0.6 is 0 Å². The van der Waals surface area contributed by atoms with E-state index in [4.69, 9.17) is 0 Å². The molecule has 2 heterocycles. The molecule has 2 aliphatic carbocycles. The van der Waals surface area contributed by atoms with Gasteiger partial charge in [0.05, 0.1) is 5.69 Å². The van der Waals surface area contributed by atoms with Gasteiger partial charge in [0.1, 0.15) is 5.69 Å². The Hall–Kier alpha value is -1.85. The van der Waals surface area contributed by atoms with Gasteiger partial charge in [-0.25, -0.2) is 4.98 Å². The lowest BCUT2D eigenvalue weighted by Gasteiger charge is -2.23. The Labute approximate surface area is 155 Å². The highest BCUT2D eigenvalue weighted by molar-refractivity contribution is 5.97. The van der Waals surface area contributed by atoms with Gasteiger partial charge in [0.15, 0.2) is 5.82 Å². The number of hydrogen-bond donors (Lipinski definition) is 2. The van der Waals surface area contributed by atoms with Crippen LogP contribution in [0.3, 0.4) is 0 Å². The highest BCUT2D eigenvalue weighted by Gasteiger charge is 2.29. The lowest BCUT2D eigenvalue weighted by Crippen LogP contribution is -2.38. The van der Waals surface area contributed by atoms with Gasteiger partial charge in [0.2, 0.25) is 0 Å². The predicted octanol–water partition coefficient (Wildman–Crippen LogP) is 2.95. The minimum atomic E-state index is -0.111. The highest BCUT2D eigenvalue weighted by atomic mass is 16.2. The Bertz CT molecular complexity index is 670. The summed E-state index contributed by atoms with van der Waals surface area (Å²) in [5.74, 6) is 0.223. The lowest BCUT2D eigenvalue weighted by atomic mass is 9.95. The van der Waals surface area contributed by atoms with Crippen molar-refractivity contribution in [1.29, 1.82) is 0 Å². The molecule has 2 N–H and O–H groups in total. The number of aromatic nitrogens is 2. The molecule has 0 aromatic carbocycles. The third-order valence-electron chi connectivity index (χ3n) is 6.17. The van der Waals surface area contributed by atoms with Crippen LogP contribution in [0.4, 0.5) is 0 Å². The molecule has 0 unspecified atom stereocenters. The van der Waals surface area contributed by atoms with Crippen LogP contribution in [0.5, 0.6) is 0 Å². The zero-order valence-corrected chi connectivity index (χ0v) is 15.6. The van der Waals surface area contributed by atoms with Crippen molar-refractivity contribution in [3.05, 3.63) is 17.2 Å². The van der Waals surface area contributed by atoms with E-state index in [0.29, 0.717) is 11.5 Å². The SMILES string of the molecule is O=C(NC1CCCC1)c1nc(C(=O)NC2CCCCC2)n2c1CCCC2. The van der Waals surface area contributed by atoms with Crippen LogP contribution in [0.15, 0.2) is 0 Å². The van der Waals surface area contributed by atoms with Crippen LogP contribution in [0.25, 0.3) is 0 Å². The number of fused-ring (bicyclic) bond motifs is 1. The van der Waals surface area contributed by atoms with Gasteiger partial charge in [-0.3, -0.25) is 9.59 Å². The van der Waals surface area contributed by atoms with E-state index in [0.717, 1.165) is 57.2 Å². The molecule has 1 aliphatic heterocycles. The quantitative estimate of drug-likeness (QED) is 0.869. The molecule has 1 aromatic rings. The van der Waals surface area contributed by atoms with Crippen LogP contribution in [-0.4, -0.2) is 33.4 Å². The van der Waals surface area contributed by atoms with E-state index >= 15 is 0 Å². The molecule has 26 heavy (non-hydrogen) atoms. The highest BCUT2D eigenvalue weighted by Crippen LogP contribution is 2.24. The van der Waals surface area contributed by atoms with E-state index in [1.807, 2.05) is 4.57 Å². The summed E-state index contributed by atoms with van der Waals surface area (Å²) in [5, 5.41) is 6.29. The molecule has 3 aliphatic rings. The molecule has 1 aromatic heterocycles. The second kappa shape index (κ2) is 7.80. The van der Waals surface area contributed by atoms with Crippen LogP contribution in [-0.2, 0) is 13.0 Å². The van der Waals surface area contributed by atoms with Gasteiger partial charge in [-0.2, -0.15) is 0 Å². The van der Waals surface area contributed by atoms with E-state index in [2.05, 4.69) is 15.6 Å². The van der Waals surface area contributed by atoms with E-state index in [1.165, 1.54) is 32.1 Å². The van der Waals surface area contributed by atoms with Crippen molar-refractivity contribution in [1.82, 2.24) is 20.2 Å². The average molecular weight is 358 g/mol. The van der Waals surface area contributed by atoms with Gasteiger partial charge in [0, 0.05) is 18.6 Å². The van der Waals surface area contributed by atoms with Gasteiger partial charge < -0.3 is 15.2 Å². The fraction of sp³-hybridized carbons (Fsp3) is 0.750. The van der Waals surface area contributed by atoms with Gasteiger partial charge in [-0.05, 0) is 44.9 Å². The predicted molar refractivity (Wildman–Crippen MR) is 99.2 cm³/mol. The number of rotatable bonds is 4. The molecule has 2 amide bonds. The first-order valence-corrected chi connectivity index (χ1v) is 10.4. The molecule has 0 radical (unpaired) electrons. The van der Waals surface area contributed by atoms with Crippen molar-refractivity contribution in [3.63, 3.8) is 0 Å². The van der Waals surface area contributed by atoms with Crippen molar-refractivity contribution in [2.24, 2.45) is 0 Å². The normalized spacial score (nSPS) is 21.4. The van der Waals surface area contributed by atoms with E-state index in [9.17, 15) is 9.59 Å². The summed E-state index contributed by atoms with van der Waals surface area (Å²) in [7, 11) is 0. The first-order chi connectivity index (χ1) is 12.7. The van der Waals surface area contributed by atoms with Gasteiger partial charge in [0.25, 0.3) is 11.8 Å². The molecule has 0 atom stereocenters. The van der Waals surface area contributed by atoms with Crippen LogP contribution in [0.1, 0.15) is 97.4 Å². The van der Waals surface area contributed by atoms with Crippen molar-refractivity contribution in [2.75, 3.05) is 0 Å². The first-order valence-electron chi connectivity index (χ1n) is 10.4. The van der Waals surface area contributed by atoms with Gasteiger partial charge in [-0.1, -0.05) is 32.1 Å². The molecule has 0 saturated heterocycles. The summed E-state index contributed by atoms with van der Waals surface area (Å²) in [6, 6.07) is 0.520. The number of amides is 2. The summed E-state index contributed by atoms with van der Waals surface area (Å²) in [6.45, 7) is 0.784. The second-order valence-electron chi connectivity index (χ2n) is 8.10. The smallest absolute Gasteiger partial charge is 0.287 e. The average Bonchev–Trinajstić information content (AvgIpc) is 3.30. The minimum absolute atomic E-state index is 0.0979. The fourth-order valence-electron chi connectivity index (χ4n) is 4.72. The molecule has 4 rings (SSSR count). The summed E-state index contributed by atoms with van der Waals surface area (Å²) >= 11 is 0. The number of nitrogens with zero attached hydrogens (tertiary/aromatic N) is 2. The molecular formula is C20H30N4O2.